The van der Waals surface area contributed by atoms with Crippen molar-refractivity contribution in [2.24, 2.45) is 0 Å². The van der Waals surface area contributed by atoms with Crippen LogP contribution in [0.3, 0.4) is 0 Å². The summed E-state index contributed by atoms with van der Waals surface area (Å²) < 4.78 is 17.7. The third-order valence-electron chi connectivity index (χ3n) is 4.93. The summed E-state index contributed by atoms with van der Waals surface area (Å²) in [5, 5.41) is -1.05. The summed E-state index contributed by atoms with van der Waals surface area (Å²) in [6.45, 7) is -0.300. The van der Waals surface area contributed by atoms with Gasteiger partial charge < -0.3 is 14.2 Å². The molecule has 0 bridgehead atoms. The van der Waals surface area contributed by atoms with Crippen LogP contribution in [0.1, 0.15) is 26.9 Å². The molecule has 0 spiro atoms. The second-order valence-electron chi connectivity index (χ2n) is 7.10. The molecule has 10 nitrogen and oxygen atoms in total. The van der Waals surface area contributed by atoms with Gasteiger partial charge in [0.05, 0.1) is 11.1 Å². The van der Waals surface area contributed by atoms with E-state index in [4.69, 9.17) is 25.8 Å². The van der Waals surface area contributed by atoms with Gasteiger partial charge in [-0.3, -0.25) is 9.55 Å². The molecule has 170 valence electrons. The van der Waals surface area contributed by atoms with Crippen LogP contribution in [-0.4, -0.2) is 50.7 Å². The van der Waals surface area contributed by atoms with E-state index in [2.05, 4.69) is 4.98 Å². The first kappa shape index (κ1) is 22.4. The quantitative estimate of drug-likeness (QED) is 0.423. The molecule has 4 rings (SSSR count). The van der Waals surface area contributed by atoms with Gasteiger partial charge in [0.25, 0.3) is 0 Å². The van der Waals surface area contributed by atoms with Gasteiger partial charge in [0, 0.05) is 0 Å². The molecule has 1 aromatic heterocycles. The molecule has 11 heteroatoms. The van der Waals surface area contributed by atoms with Gasteiger partial charge in [-0.2, -0.15) is 4.98 Å². The number of hydrogen-bond donors (Lipinski definition) is 1. The summed E-state index contributed by atoms with van der Waals surface area (Å²) in [5.74, 6) is -1.27. The van der Waals surface area contributed by atoms with E-state index in [1.165, 1.54) is 0 Å². The molecule has 1 aliphatic heterocycles. The molecule has 2 aromatic carbocycles. The molecule has 0 saturated carbocycles. The maximum absolute atomic E-state index is 12.6. The van der Waals surface area contributed by atoms with Gasteiger partial charge in [-0.25, -0.2) is 19.2 Å². The van der Waals surface area contributed by atoms with Crippen LogP contribution < -0.4 is 11.4 Å². The van der Waals surface area contributed by atoms with Crippen molar-refractivity contribution in [2.45, 2.75) is 23.8 Å². The number of carbonyl (C=O) groups is 2. The number of hydrogen-bond acceptors (Lipinski definition) is 8. The zero-order valence-corrected chi connectivity index (χ0v) is 17.8. The van der Waals surface area contributed by atoms with E-state index in [9.17, 15) is 19.2 Å². The van der Waals surface area contributed by atoms with E-state index in [1.807, 2.05) is 4.98 Å². The van der Waals surface area contributed by atoms with Crippen molar-refractivity contribution in [1.29, 1.82) is 0 Å². The summed E-state index contributed by atoms with van der Waals surface area (Å²) in [6, 6.07) is 16.5. The number of alkyl halides is 1. The highest BCUT2D eigenvalue weighted by Gasteiger charge is 2.48. The van der Waals surface area contributed by atoms with E-state index < -0.39 is 47.1 Å². The second-order valence-corrected chi connectivity index (χ2v) is 7.60. The van der Waals surface area contributed by atoms with Crippen molar-refractivity contribution in [3.63, 3.8) is 0 Å². The number of nitrogens with one attached hydrogen (secondary N) is 1. The summed E-state index contributed by atoms with van der Waals surface area (Å²) >= 11 is 6.53. The summed E-state index contributed by atoms with van der Waals surface area (Å²) in [6.07, 6.45) is -2.23. The molecule has 0 aliphatic carbocycles. The third-order valence-corrected chi connectivity index (χ3v) is 5.39. The van der Waals surface area contributed by atoms with Crippen LogP contribution in [0.2, 0.25) is 0 Å². The molecule has 1 aliphatic rings. The number of nitrogens with zero attached hydrogens (tertiary/aromatic N) is 2. The first-order chi connectivity index (χ1) is 15.9. The zero-order valence-electron chi connectivity index (χ0n) is 17.0. The summed E-state index contributed by atoms with van der Waals surface area (Å²) in [7, 11) is 0. The van der Waals surface area contributed by atoms with Crippen LogP contribution in [0.15, 0.2) is 76.6 Å². The molecule has 2 heterocycles. The lowest BCUT2D eigenvalue weighted by Crippen LogP contribution is -2.38. The second kappa shape index (κ2) is 9.80. The molecule has 1 saturated heterocycles. The molecule has 0 radical (unpaired) electrons. The van der Waals surface area contributed by atoms with Gasteiger partial charge in [0.15, 0.2) is 12.3 Å². The average molecular weight is 472 g/mol. The maximum Gasteiger partial charge on any atom is 0.350 e. The number of benzene rings is 2. The highest BCUT2D eigenvalue weighted by atomic mass is 35.5. The normalized spacial score (nSPS) is 22.0. The minimum absolute atomic E-state index is 0.285. The fourth-order valence-electron chi connectivity index (χ4n) is 3.31. The standard InChI is InChI=1S/C22H18ClN3O7/c23-16-17(33-20(28)14-9-5-2-6-10-14)15(11-31-19(27)13-7-3-1-4-8-13)32-18(16)26-12-24-21(29)25-22(26)30/h1-10,12,15-18H,11H2,(H,25,29,30)/t15-,16+,17?,18-/m0/s1. The molecule has 1 N–H and O–H groups in total. The van der Waals surface area contributed by atoms with Gasteiger partial charge in [0.1, 0.15) is 24.4 Å². The van der Waals surface area contributed by atoms with Crippen molar-refractivity contribution in [2.75, 3.05) is 6.61 Å². The predicted molar refractivity (Wildman–Crippen MR) is 115 cm³/mol. The number of esters is 2. The molecular formula is C22H18ClN3O7. The SMILES string of the molecule is O=C(OC[C@@H]1O[C@H](n2cnc(=O)[nH]c2=O)[C@H](Cl)C1OC(=O)c1ccccc1)c1ccccc1. The fraction of sp³-hybridized carbons (Fsp3) is 0.227. The number of H-pyrrole nitrogens is 1. The van der Waals surface area contributed by atoms with E-state index >= 15 is 0 Å². The van der Waals surface area contributed by atoms with Crippen LogP contribution in [-0.2, 0) is 14.2 Å². The highest BCUT2D eigenvalue weighted by Crippen LogP contribution is 2.35. The monoisotopic (exact) mass is 471 g/mol. The highest BCUT2D eigenvalue weighted by molar-refractivity contribution is 6.21. The Morgan fingerprint density at radius 3 is 2.21 bits per heavy atom. The van der Waals surface area contributed by atoms with Crippen LogP contribution in [0.5, 0.6) is 0 Å². The number of aromatic amines is 1. The minimum atomic E-state index is -1.14. The Balaban J connectivity index is 1.56. The van der Waals surface area contributed by atoms with E-state index in [1.54, 1.807) is 60.7 Å². The Bertz CT molecular complexity index is 1250. The molecule has 4 atom stereocenters. The first-order valence-corrected chi connectivity index (χ1v) is 10.3. The van der Waals surface area contributed by atoms with Crippen molar-refractivity contribution in [3.8, 4) is 0 Å². The van der Waals surface area contributed by atoms with Crippen molar-refractivity contribution >= 4 is 23.5 Å². The first-order valence-electron chi connectivity index (χ1n) is 9.89. The lowest BCUT2D eigenvalue weighted by Gasteiger charge is -2.20. The number of rotatable bonds is 6. The van der Waals surface area contributed by atoms with Crippen molar-refractivity contribution in [1.82, 2.24) is 14.5 Å². The van der Waals surface area contributed by atoms with Gasteiger partial charge in [-0.15, -0.1) is 11.6 Å². The summed E-state index contributed by atoms with van der Waals surface area (Å²) in [5.41, 5.74) is -1.03. The smallest absolute Gasteiger partial charge is 0.350 e. The van der Waals surface area contributed by atoms with Crippen molar-refractivity contribution < 1.29 is 23.8 Å². The van der Waals surface area contributed by atoms with Crippen molar-refractivity contribution in [3.05, 3.63) is 99.1 Å². The van der Waals surface area contributed by atoms with Crippen LogP contribution >= 0.6 is 11.6 Å². The predicted octanol–water partition coefficient (Wildman–Crippen LogP) is 1.52. The Labute approximate surface area is 191 Å². The Hall–Kier alpha value is -3.76. The van der Waals surface area contributed by atoms with Gasteiger partial charge >= 0.3 is 23.3 Å². The molecule has 33 heavy (non-hydrogen) atoms. The van der Waals surface area contributed by atoms with E-state index in [-0.39, 0.29) is 12.2 Å². The lowest BCUT2D eigenvalue weighted by molar-refractivity contribution is -0.0584. The van der Waals surface area contributed by atoms with Gasteiger partial charge in [0.2, 0.25) is 0 Å². The topological polar surface area (TPSA) is 130 Å². The molecule has 0 amide bonds. The Morgan fingerprint density at radius 2 is 1.61 bits per heavy atom. The lowest BCUT2D eigenvalue weighted by atomic mass is 10.1. The third kappa shape index (κ3) is 5.02. The molecule has 1 fully saturated rings. The Kier molecular flexibility index (Phi) is 6.66. The number of carbonyl (C=O) groups excluding carboxylic acids is 2. The Morgan fingerprint density at radius 1 is 1.00 bits per heavy atom. The van der Waals surface area contributed by atoms with Crippen LogP contribution in [0.25, 0.3) is 0 Å². The maximum atomic E-state index is 12.6. The number of halogens is 1. The number of ether oxygens (including phenoxy) is 3. The van der Waals surface area contributed by atoms with E-state index in [0.717, 1.165) is 10.9 Å². The zero-order chi connectivity index (χ0) is 23.4. The van der Waals surface area contributed by atoms with Crippen LogP contribution in [0.4, 0.5) is 0 Å². The average Bonchev–Trinajstić information content (AvgIpc) is 3.13. The molecular weight excluding hydrogens is 454 g/mol. The largest absolute Gasteiger partial charge is 0.459 e. The number of aromatic nitrogens is 3. The van der Waals surface area contributed by atoms with Gasteiger partial charge in [-0.05, 0) is 24.3 Å². The molecule has 1 unspecified atom stereocenters. The van der Waals surface area contributed by atoms with E-state index in [0.29, 0.717) is 5.56 Å². The minimum Gasteiger partial charge on any atom is -0.459 e. The van der Waals surface area contributed by atoms with Crippen LogP contribution in [0, 0.1) is 0 Å². The van der Waals surface area contributed by atoms with Gasteiger partial charge in [-0.1, -0.05) is 36.4 Å². The summed E-state index contributed by atoms with van der Waals surface area (Å²) in [4.78, 5) is 54.0. The molecule has 3 aromatic rings. The fourth-order valence-corrected chi connectivity index (χ4v) is 3.71.